The predicted octanol–water partition coefficient (Wildman–Crippen LogP) is 5.38. The number of fused-ring (bicyclic) bond motifs is 1. The average Bonchev–Trinajstić information content (AvgIpc) is 3.24. The van der Waals surface area contributed by atoms with Crippen LogP contribution in [-0.4, -0.2) is 36.8 Å². The van der Waals surface area contributed by atoms with Gasteiger partial charge in [-0.25, -0.2) is 9.59 Å². The minimum Gasteiger partial charge on any atom is -0.462 e. The van der Waals surface area contributed by atoms with Crippen LogP contribution in [0.15, 0.2) is 48.5 Å². The van der Waals surface area contributed by atoms with E-state index in [0.717, 1.165) is 35.3 Å². The molecule has 8 heteroatoms. The highest BCUT2D eigenvalue weighted by Crippen LogP contribution is 2.40. The summed E-state index contributed by atoms with van der Waals surface area (Å²) in [6.07, 6.45) is 2.54. The largest absolute Gasteiger partial charge is 0.462 e. The van der Waals surface area contributed by atoms with E-state index in [1.54, 1.807) is 37.3 Å². The van der Waals surface area contributed by atoms with Crippen LogP contribution in [0.5, 0.6) is 0 Å². The first-order chi connectivity index (χ1) is 17.8. The minimum atomic E-state index is -0.781. The van der Waals surface area contributed by atoms with Gasteiger partial charge in [0.15, 0.2) is 12.4 Å². The third kappa shape index (κ3) is 5.97. The molecule has 0 aliphatic heterocycles. The molecule has 3 aromatic rings. The zero-order valence-electron chi connectivity index (χ0n) is 21.1. The van der Waals surface area contributed by atoms with Crippen LogP contribution < -0.4 is 5.32 Å². The number of anilines is 1. The maximum atomic E-state index is 13.0. The number of aryl methyl sites for hydroxylation is 1. The first-order valence-corrected chi connectivity index (χ1v) is 13.1. The lowest BCUT2D eigenvalue weighted by atomic mass is 9.88. The SMILES string of the molecule is CCOC(=O)c1c(NC(=O)COC(=O)c2ccccc2C(=O)c2ccc(C)cc2)sc2c1CC[C@H](C)C2. The van der Waals surface area contributed by atoms with Crippen LogP contribution >= 0.6 is 11.3 Å². The minimum absolute atomic E-state index is 0.0775. The normalized spacial score (nSPS) is 14.4. The van der Waals surface area contributed by atoms with E-state index in [-0.39, 0.29) is 23.5 Å². The first kappa shape index (κ1) is 26.3. The van der Waals surface area contributed by atoms with E-state index in [1.807, 2.05) is 19.1 Å². The second-order valence-electron chi connectivity index (χ2n) is 9.14. The number of hydrogen-bond acceptors (Lipinski definition) is 7. The average molecular weight is 520 g/mol. The van der Waals surface area contributed by atoms with Crippen LogP contribution in [0.4, 0.5) is 5.00 Å². The summed E-state index contributed by atoms with van der Waals surface area (Å²) in [6.45, 7) is 5.48. The van der Waals surface area contributed by atoms with E-state index in [4.69, 9.17) is 9.47 Å². The molecule has 0 saturated heterocycles. The molecule has 1 atom stereocenters. The number of amides is 1. The zero-order valence-corrected chi connectivity index (χ0v) is 21.9. The third-order valence-corrected chi connectivity index (χ3v) is 7.45. The Bertz CT molecular complexity index is 1340. The van der Waals surface area contributed by atoms with Gasteiger partial charge in [0, 0.05) is 16.0 Å². The maximum Gasteiger partial charge on any atom is 0.341 e. The van der Waals surface area contributed by atoms with Crippen molar-refractivity contribution < 1.29 is 28.7 Å². The van der Waals surface area contributed by atoms with Crippen LogP contribution in [0.25, 0.3) is 0 Å². The maximum absolute atomic E-state index is 13.0. The molecule has 2 aromatic carbocycles. The summed E-state index contributed by atoms with van der Waals surface area (Å²) in [5.74, 6) is -1.64. The van der Waals surface area contributed by atoms with E-state index in [9.17, 15) is 19.2 Å². The van der Waals surface area contributed by atoms with Gasteiger partial charge in [-0.2, -0.15) is 0 Å². The molecule has 1 aliphatic rings. The molecule has 4 rings (SSSR count). The van der Waals surface area contributed by atoms with Gasteiger partial charge in [0.05, 0.1) is 17.7 Å². The molecule has 1 aliphatic carbocycles. The Balaban J connectivity index is 1.47. The van der Waals surface area contributed by atoms with Gasteiger partial charge in [-0.15, -0.1) is 11.3 Å². The summed E-state index contributed by atoms with van der Waals surface area (Å²) in [6, 6.07) is 13.4. The van der Waals surface area contributed by atoms with E-state index in [0.29, 0.717) is 22.0 Å². The van der Waals surface area contributed by atoms with Gasteiger partial charge in [0.2, 0.25) is 0 Å². The summed E-state index contributed by atoms with van der Waals surface area (Å²) in [5, 5.41) is 3.14. The van der Waals surface area contributed by atoms with Crippen molar-refractivity contribution in [1.29, 1.82) is 0 Å². The Hall–Kier alpha value is -3.78. The highest BCUT2D eigenvalue weighted by molar-refractivity contribution is 7.17. The zero-order chi connectivity index (χ0) is 26.5. The topological polar surface area (TPSA) is 98.8 Å². The molecule has 192 valence electrons. The number of thiophene rings is 1. The van der Waals surface area contributed by atoms with Crippen molar-refractivity contribution >= 4 is 40.0 Å². The number of ether oxygens (including phenoxy) is 2. The molecule has 0 bridgehead atoms. The number of carbonyl (C=O) groups excluding carboxylic acids is 4. The Morgan fingerprint density at radius 3 is 2.38 bits per heavy atom. The molecule has 37 heavy (non-hydrogen) atoms. The molecule has 0 spiro atoms. The van der Waals surface area contributed by atoms with Crippen LogP contribution in [-0.2, 0) is 27.1 Å². The smallest absolute Gasteiger partial charge is 0.341 e. The van der Waals surface area contributed by atoms with Crippen molar-refractivity contribution in [2.45, 2.75) is 40.0 Å². The van der Waals surface area contributed by atoms with Gasteiger partial charge in [-0.05, 0) is 50.7 Å². The van der Waals surface area contributed by atoms with Gasteiger partial charge < -0.3 is 14.8 Å². The van der Waals surface area contributed by atoms with E-state index >= 15 is 0 Å². The third-order valence-electron chi connectivity index (χ3n) is 6.28. The van der Waals surface area contributed by atoms with Crippen LogP contribution in [0.1, 0.15) is 72.9 Å². The monoisotopic (exact) mass is 519 g/mol. The number of esters is 2. The van der Waals surface area contributed by atoms with Crippen molar-refractivity contribution in [3.8, 4) is 0 Å². The highest BCUT2D eigenvalue weighted by atomic mass is 32.1. The lowest BCUT2D eigenvalue weighted by molar-refractivity contribution is -0.119. The second kappa shape index (κ2) is 11.5. The van der Waals surface area contributed by atoms with Crippen LogP contribution in [0, 0.1) is 12.8 Å². The number of carbonyl (C=O) groups is 4. The van der Waals surface area contributed by atoms with Crippen LogP contribution in [0.3, 0.4) is 0 Å². The first-order valence-electron chi connectivity index (χ1n) is 12.3. The molecule has 0 fully saturated rings. The van der Waals surface area contributed by atoms with Gasteiger partial charge in [0.25, 0.3) is 5.91 Å². The number of hydrogen-bond donors (Lipinski definition) is 1. The Labute approximate surface area is 219 Å². The summed E-state index contributed by atoms with van der Waals surface area (Å²) < 4.78 is 10.5. The fourth-order valence-electron chi connectivity index (χ4n) is 4.35. The Morgan fingerprint density at radius 2 is 1.68 bits per heavy atom. The van der Waals surface area contributed by atoms with Crippen molar-refractivity contribution in [2.75, 3.05) is 18.5 Å². The van der Waals surface area contributed by atoms with Crippen molar-refractivity contribution in [1.82, 2.24) is 0 Å². The Kier molecular flexibility index (Phi) is 8.18. The fraction of sp³-hybridized carbons (Fsp3) is 0.310. The van der Waals surface area contributed by atoms with Gasteiger partial charge >= 0.3 is 11.9 Å². The summed E-state index contributed by atoms with van der Waals surface area (Å²) in [7, 11) is 0. The molecule has 1 N–H and O–H groups in total. The molecule has 1 heterocycles. The fourth-order valence-corrected chi connectivity index (χ4v) is 5.76. The molecular weight excluding hydrogens is 490 g/mol. The molecule has 0 unspecified atom stereocenters. The van der Waals surface area contributed by atoms with Gasteiger partial charge in [-0.1, -0.05) is 55.0 Å². The quantitative estimate of drug-likeness (QED) is 0.317. The number of benzene rings is 2. The molecular formula is C29H29NO6S. The van der Waals surface area contributed by atoms with Crippen molar-refractivity contribution in [2.24, 2.45) is 5.92 Å². The van der Waals surface area contributed by atoms with Crippen LogP contribution in [0.2, 0.25) is 0 Å². The Morgan fingerprint density at radius 1 is 0.973 bits per heavy atom. The van der Waals surface area contributed by atoms with E-state index < -0.39 is 24.5 Å². The summed E-state index contributed by atoms with van der Waals surface area (Å²) in [4.78, 5) is 52.3. The van der Waals surface area contributed by atoms with Gasteiger partial charge in [-0.3, -0.25) is 9.59 Å². The predicted molar refractivity (Wildman–Crippen MR) is 141 cm³/mol. The summed E-state index contributed by atoms with van der Waals surface area (Å²) >= 11 is 1.37. The molecule has 0 radical (unpaired) electrons. The van der Waals surface area contributed by atoms with Crippen molar-refractivity contribution in [3.63, 3.8) is 0 Å². The molecule has 1 amide bonds. The second-order valence-corrected chi connectivity index (χ2v) is 10.2. The standard InChI is InChI=1S/C29H29NO6S/c1-4-35-29(34)25-22-14-11-18(3)15-23(22)37-27(25)30-24(31)16-36-28(33)21-8-6-5-7-20(21)26(32)19-12-9-17(2)10-13-19/h5-10,12-13,18H,4,11,14-16H2,1-3H3,(H,30,31)/t18-/m0/s1. The lowest BCUT2D eigenvalue weighted by Crippen LogP contribution is -2.23. The van der Waals surface area contributed by atoms with Crippen molar-refractivity contribution in [3.05, 3.63) is 86.8 Å². The number of nitrogens with one attached hydrogen (secondary N) is 1. The lowest BCUT2D eigenvalue weighted by Gasteiger charge is -2.18. The number of ketones is 1. The number of rotatable bonds is 8. The van der Waals surface area contributed by atoms with E-state index in [1.165, 1.54) is 17.4 Å². The van der Waals surface area contributed by atoms with Gasteiger partial charge in [0.1, 0.15) is 5.00 Å². The molecule has 1 aromatic heterocycles. The van der Waals surface area contributed by atoms with E-state index in [2.05, 4.69) is 12.2 Å². The molecule has 0 saturated carbocycles. The molecule has 7 nitrogen and oxygen atoms in total. The highest BCUT2D eigenvalue weighted by Gasteiger charge is 2.29. The summed E-state index contributed by atoms with van der Waals surface area (Å²) in [5.41, 5.74) is 3.06.